The highest BCUT2D eigenvalue weighted by Gasteiger charge is 2.26. The summed E-state index contributed by atoms with van der Waals surface area (Å²) >= 11 is 0. The molecule has 5 nitrogen and oxygen atoms in total. The van der Waals surface area contributed by atoms with E-state index in [9.17, 15) is 4.79 Å². The first-order valence-electron chi connectivity index (χ1n) is 9.23. The molecule has 0 radical (unpaired) electrons. The molecule has 5 heteroatoms. The number of nitrogens with zero attached hydrogens (tertiary/aromatic N) is 3. The number of amides is 1. The van der Waals surface area contributed by atoms with E-state index >= 15 is 0 Å². The summed E-state index contributed by atoms with van der Waals surface area (Å²) in [5, 5.41) is 7.82. The molecular weight excluding hydrogens is 324 g/mol. The Kier molecular flexibility index (Phi) is 5.79. The van der Waals surface area contributed by atoms with Crippen molar-refractivity contribution in [1.29, 1.82) is 0 Å². The van der Waals surface area contributed by atoms with Crippen LogP contribution in [0.1, 0.15) is 54.2 Å². The minimum Gasteiger partial charge on any atom is -0.362 e. The fraction of sp³-hybridized carbons (Fsp3) is 0.524. The molecule has 0 aliphatic rings. The van der Waals surface area contributed by atoms with Crippen molar-refractivity contribution in [3.63, 3.8) is 0 Å². The van der Waals surface area contributed by atoms with Gasteiger partial charge in [-0.2, -0.15) is 5.10 Å². The van der Waals surface area contributed by atoms with E-state index in [1.165, 1.54) is 0 Å². The molecule has 1 amide bonds. The molecule has 0 bridgehead atoms. The minimum atomic E-state index is -0.212. The van der Waals surface area contributed by atoms with Crippen molar-refractivity contribution in [2.45, 2.75) is 59.4 Å². The molecule has 0 saturated heterocycles. The molecule has 0 spiro atoms. The Labute approximate surface area is 157 Å². The van der Waals surface area contributed by atoms with Crippen LogP contribution < -0.4 is 10.2 Å². The van der Waals surface area contributed by atoms with Gasteiger partial charge in [0.05, 0.1) is 17.8 Å². The maximum absolute atomic E-state index is 12.7. The number of para-hydroxylation sites is 1. The number of hydrogen-bond acceptors (Lipinski definition) is 3. The summed E-state index contributed by atoms with van der Waals surface area (Å²) in [5.74, 6) is 0.707. The van der Waals surface area contributed by atoms with Crippen LogP contribution in [0.5, 0.6) is 0 Å². The van der Waals surface area contributed by atoms with E-state index in [4.69, 9.17) is 5.10 Å². The Morgan fingerprint density at radius 3 is 2.23 bits per heavy atom. The first-order chi connectivity index (χ1) is 12.0. The lowest BCUT2D eigenvalue weighted by atomic mass is 9.92. The minimum absolute atomic E-state index is 0.0402. The van der Waals surface area contributed by atoms with Crippen molar-refractivity contribution >= 4 is 17.4 Å². The summed E-state index contributed by atoms with van der Waals surface area (Å²) in [6.45, 7) is 15.8. The normalized spacial score (nSPS) is 12.1. The highest BCUT2D eigenvalue weighted by atomic mass is 16.2. The monoisotopic (exact) mass is 356 g/mol. The molecule has 1 aromatic carbocycles. The van der Waals surface area contributed by atoms with Gasteiger partial charge in [-0.25, -0.2) is 4.68 Å². The number of nitrogens with one attached hydrogen (secondary N) is 1. The van der Waals surface area contributed by atoms with E-state index in [1.54, 1.807) is 0 Å². The zero-order valence-corrected chi connectivity index (χ0v) is 17.1. The predicted octanol–water partition coefficient (Wildman–Crippen LogP) is 4.40. The van der Waals surface area contributed by atoms with Gasteiger partial charge in [0.2, 0.25) is 5.91 Å². The molecule has 0 saturated carbocycles. The smallest absolute Gasteiger partial charge is 0.245 e. The van der Waals surface area contributed by atoms with Crippen LogP contribution in [-0.4, -0.2) is 28.8 Å². The standard InChI is InChI=1S/C21H32N4O/c1-8-24(16-12-10-9-11-13-16)15-19(26)22-18-14-17(20(2,3)4)23-25(18)21(5,6)7/h9-14H,8,15H2,1-7H3,(H,22,26). The molecule has 2 rings (SSSR count). The zero-order chi connectivity index (χ0) is 19.5. The first-order valence-corrected chi connectivity index (χ1v) is 9.23. The predicted molar refractivity (Wildman–Crippen MR) is 109 cm³/mol. The van der Waals surface area contributed by atoms with E-state index < -0.39 is 0 Å². The Bertz CT molecular complexity index is 736. The van der Waals surface area contributed by atoms with Gasteiger partial charge >= 0.3 is 0 Å². The Hall–Kier alpha value is -2.30. The average molecular weight is 357 g/mol. The summed E-state index contributed by atoms with van der Waals surface area (Å²) < 4.78 is 1.91. The Morgan fingerprint density at radius 2 is 1.73 bits per heavy atom. The largest absolute Gasteiger partial charge is 0.362 e. The molecule has 0 aliphatic carbocycles. The number of likely N-dealkylation sites (N-methyl/N-ethyl adjacent to an activating group) is 1. The van der Waals surface area contributed by atoms with Gasteiger partial charge < -0.3 is 10.2 Å². The fourth-order valence-electron chi connectivity index (χ4n) is 2.73. The molecule has 0 unspecified atom stereocenters. The van der Waals surface area contributed by atoms with Crippen molar-refractivity contribution in [1.82, 2.24) is 9.78 Å². The van der Waals surface area contributed by atoms with Gasteiger partial charge in [-0.15, -0.1) is 0 Å². The highest BCUT2D eigenvalue weighted by molar-refractivity contribution is 5.93. The lowest BCUT2D eigenvalue weighted by Crippen LogP contribution is -2.34. The van der Waals surface area contributed by atoms with Crippen molar-refractivity contribution in [2.75, 3.05) is 23.3 Å². The molecule has 1 N–H and O–H groups in total. The first kappa shape index (κ1) is 20.0. The number of anilines is 2. The number of carbonyl (C=O) groups is 1. The van der Waals surface area contributed by atoms with Gasteiger partial charge in [-0.3, -0.25) is 4.79 Å². The van der Waals surface area contributed by atoms with Crippen LogP contribution in [0.25, 0.3) is 0 Å². The molecule has 0 aliphatic heterocycles. The Balaban J connectivity index is 2.21. The molecule has 2 aromatic rings. The highest BCUT2D eigenvalue weighted by Crippen LogP contribution is 2.28. The van der Waals surface area contributed by atoms with Crippen molar-refractivity contribution in [2.24, 2.45) is 0 Å². The van der Waals surface area contributed by atoms with Crippen LogP contribution in [0.4, 0.5) is 11.5 Å². The summed E-state index contributed by atoms with van der Waals surface area (Å²) in [4.78, 5) is 14.8. The van der Waals surface area contributed by atoms with Gasteiger partial charge in [0.25, 0.3) is 0 Å². The Morgan fingerprint density at radius 1 is 1.12 bits per heavy atom. The average Bonchev–Trinajstić information content (AvgIpc) is 2.97. The van der Waals surface area contributed by atoms with Gasteiger partial charge in [-0.05, 0) is 39.8 Å². The van der Waals surface area contributed by atoms with Crippen LogP contribution in [0.2, 0.25) is 0 Å². The van der Waals surface area contributed by atoms with E-state index in [-0.39, 0.29) is 16.9 Å². The number of carbonyl (C=O) groups excluding carboxylic acids is 1. The molecule has 1 aromatic heterocycles. The summed E-state index contributed by atoms with van der Waals surface area (Å²) in [6, 6.07) is 12.0. The van der Waals surface area contributed by atoms with Crippen LogP contribution in [0.3, 0.4) is 0 Å². The third-order valence-electron chi connectivity index (χ3n) is 4.22. The second kappa shape index (κ2) is 7.52. The van der Waals surface area contributed by atoms with Gasteiger partial charge in [0.15, 0.2) is 0 Å². The van der Waals surface area contributed by atoms with Crippen molar-refractivity contribution < 1.29 is 4.79 Å². The topological polar surface area (TPSA) is 50.2 Å². The maximum atomic E-state index is 12.7. The number of rotatable bonds is 5. The van der Waals surface area contributed by atoms with Crippen LogP contribution in [-0.2, 0) is 15.7 Å². The maximum Gasteiger partial charge on any atom is 0.245 e. The molecule has 1 heterocycles. The molecule has 0 fully saturated rings. The second-order valence-electron chi connectivity index (χ2n) is 8.65. The second-order valence-corrected chi connectivity index (χ2v) is 8.65. The fourth-order valence-corrected chi connectivity index (χ4v) is 2.73. The lowest BCUT2D eigenvalue weighted by molar-refractivity contribution is -0.115. The summed E-state index contributed by atoms with van der Waals surface area (Å²) in [6.07, 6.45) is 0. The number of aromatic nitrogens is 2. The van der Waals surface area contributed by atoms with E-state index in [0.29, 0.717) is 6.54 Å². The van der Waals surface area contributed by atoms with E-state index in [0.717, 1.165) is 23.7 Å². The van der Waals surface area contributed by atoms with Crippen molar-refractivity contribution in [3.8, 4) is 0 Å². The zero-order valence-electron chi connectivity index (χ0n) is 17.1. The molecule has 142 valence electrons. The van der Waals surface area contributed by atoms with Gasteiger partial charge in [0.1, 0.15) is 5.82 Å². The SMILES string of the molecule is CCN(CC(=O)Nc1cc(C(C)(C)C)nn1C(C)(C)C)c1ccccc1. The third-order valence-corrected chi connectivity index (χ3v) is 4.22. The van der Waals surface area contributed by atoms with E-state index in [1.807, 2.05) is 41.1 Å². The summed E-state index contributed by atoms with van der Waals surface area (Å²) in [7, 11) is 0. The number of hydrogen-bond donors (Lipinski definition) is 1. The van der Waals surface area contributed by atoms with Crippen LogP contribution >= 0.6 is 0 Å². The van der Waals surface area contributed by atoms with Crippen LogP contribution in [0.15, 0.2) is 36.4 Å². The molecule has 0 atom stereocenters. The quantitative estimate of drug-likeness (QED) is 0.864. The summed E-state index contributed by atoms with van der Waals surface area (Å²) in [5.41, 5.74) is 1.73. The molecule has 26 heavy (non-hydrogen) atoms. The van der Waals surface area contributed by atoms with Crippen molar-refractivity contribution in [3.05, 3.63) is 42.1 Å². The molecular formula is C21H32N4O. The number of benzene rings is 1. The van der Waals surface area contributed by atoms with Gasteiger partial charge in [0, 0.05) is 23.7 Å². The lowest BCUT2D eigenvalue weighted by Gasteiger charge is -2.25. The van der Waals surface area contributed by atoms with Crippen LogP contribution in [0, 0.1) is 0 Å². The van der Waals surface area contributed by atoms with E-state index in [2.05, 4.69) is 58.7 Å². The van der Waals surface area contributed by atoms with Gasteiger partial charge in [-0.1, -0.05) is 39.0 Å². The third kappa shape index (κ3) is 4.87.